The number of halogens is 2. The molecule has 6 heteroatoms. The van der Waals surface area contributed by atoms with Gasteiger partial charge in [0.1, 0.15) is 6.04 Å². The van der Waals surface area contributed by atoms with E-state index in [4.69, 9.17) is 5.11 Å². The van der Waals surface area contributed by atoms with Gasteiger partial charge in [0, 0.05) is 18.9 Å². The SMILES string of the molecule is Cl.Cl.O=C(O)C1CCCN1Cc1ccncc1. The molecule has 17 heavy (non-hydrogen) atoms. The lowest BCUT2D eigenvalue weighted by Crippen LogP contribution is -2.35. The molecule has 1 saturated heterocycles. The Bertz CT molecular complexity index is 349. The van der Waals surface area contributed by atoms with Gasteiger partial charge in [-0.05, 0) is 37.1 Å². The van der Waals surface area contributed by atoms with E-state index in [2.05, 4.69) is 4.98 Å². The number of carboxylic acids is 1. The molecule has 0 saturated carbocycles. The zero-order chi connectivity index (χ0) is 10.7. The van der Waals surface area contributed by atoms with Gasteiger partial charge < -0.3 is 5.11 Å². The van der Waals surface area contributed by atoms with Gasteiger partial charge in [-0.25, -0.2) is 0 Å². The van der Waals surface area contributed by atoms with Crippen molar-refractivity contribution in [2.24, 2.45) is 0 Å². The summed E-state index contributed by atoms with van der Waals surface area (Å²) in [6, 6.07) is 3.55. The Morgan fingerprint density at radius 1 is 1.41 bits per heavy atom. The van der Waals surface area contributed by atoms with Crippen LogP contribution < -0.4 is 0 Å². The molecule has 1 N–H and O–H groups in total. The number of pyridine rings is 1. The molecule has 1 fully saturated rings. The summed E-state index contributed by atoms with van der Waals surface area (Å²) in [6.07, 6.45) is 5.21. The predicted octanol–water partition coefficient (Wildman–Crippen LogP) is 1.97. The van der Waals surface area contributed by atoms with Crippen molar-refractivity contribution < 1.29 is 9.90 Å². The fraction of sp³-hybridized carbons (Fsp3) is 0.455. The summed E-state index contributed by atoms with van der Waals surface area (Å²) < 4.78 is 0. The lowest BCUT2D eigenvalue weighted by molar-refractivity contribution is -0.142. The molecule has 0 aliphatic carbocycles. The van der Waals surface area contributed by atoms with Crippen LogP contribution in [0.15, 0.2) is 24.5 Å². The van der Waals surface area contributed by atoms with Crippen molar-refractivity contribution in [1.29, 1.82) is 0 Å². The first kappa shape index (κ1) is 16.2. The molecule has 2 heterocycles. The topological polar surface area (TPSA) is 53.4 Å². The maximum Gasteiger partial charge on any atom is 0.320 e. The number of aromatic nitrogens is 1. The summed E-state index contributed by atoms with van der Waals surface area (Å²) in [4.78, 5) is 16.9. The van der Waals surface area contributed by atoms with Gasteiger partial charge in [0.15, 0.2) is 0 Å². The number of hydrogen-bond donors (Lipinski definition) is 1. The first-order valence-corrected chi connectivity index (χ1v) is 5.13. The van der Waals surface area contributed by atoms with Gasteiger partial charge in [-0.2, -0.15) is 0 Å². The predicted molar refractivity (Wildman–Crippen MR) is 69.8 cm³/mol. The van der Waals surface area contributed by atoms with Crippen LogP contribution in [0.5, 0.6) is 0 Å². The average Bonchev–Trinajstić information content (AvgIpc) is 2.67. The largest absolute Gasteiger partial charge is 0.480 e. The van der Waals surface area contributed by atoms with E-state index in [1.807, 2.05) is 17.0 Å². The second-order valence-electron chi connectivity index (χ2n) is 3.82. The van der Waals surface area contributed by atoms with Crippen LogP contribution in [0.2, 0.25) is 0 Å². The van der Waals surface area contributed by atoms with Gasteiger partial charge in [-0.15, -0.1) is 24.8 Å². The number of carbonyl (C=O) groups is 1. The lowest BCUT2D eigenvalue weighted by atomic mass is 10.2. The summed E-state index contributed by atoms with van der Waals surface area (Å²) in [5, 5.41) is 9.01. The lowest BCUT2D eigenvalue weighted by Gasteiger charge is -2.20. The van der Waals surface area contributed by atoms with E-state index in [-0.39, 0.29) is 30.9 Å². The van der Waals surface area contributed by atoms with Crippen molar-refractivity contribution in [3.8, 4) is 0 Å². The van der Waals surface area contributed by atoms with E-state index < -0.39 is 5.97 Å². The number of aliphatic carboxylic acids is 1. The van der Waals surface area contributed by atoms with Gasteiger partial charge in [0.2, 0.25) is 0 Å². The van der Waals surface area contributed by atoms with E-state index in [0.29, 0.717) is 6.54 Å². The van der Waals surface area contributed by atoms with E-state index in [0.717, 1.165) is 24.9 Å². The van der Waals surface area contributed by atoms with Crippen LogP contribution in [-0.4, -0.2) is 33.5 Å². The highest BCUT2D eigenvalue weighted by Crippen LogP contribution is 2.19. The minimum Gasteiger partial charge on any atom is -0.480 e. The van der Waals surface area contributed by atoms with Gasteiger partial charge in [0.05, 0.1) is 0 Å². The third kappa shape index (κ3) is 4.15. The minimum atomic E-state index is -0.707. The highest BCUT2D eigenvalue weighted by atomic mass is 35.5. The monoisotopic (exact) mass is 278 g/mol. The molecule has 2 rings (SSSR count). The quantitative estimate of drug-likeness (QED) is 0.919. The van der Waals surface area contributed by atoms with Gasteiger partial charge >= 0.3 is 5.97 Å². The molecule has 1 aromatic rings. The Morgan fingerprint density at radius 3 is 2.65 bits per heavy atom. The molecule has 0 aromatic carbocycles. The Hall–Kier alpha value is -0.840. The summed E-state index contributed by atoms with van der Waals surface area (Å²) in [6.45, 7) is 1.58. The van der Waals surface area contributed by atoms with Gasteiger partial charge in [0.25, 0.3) is 0 Å². The van der Waals surface area contributed by atoms with Crippen molar-refractivity contribution in [2.45, 2.75) is 25.4 Å². The number of likely N-dealkylation sites (tertiary alicyclic amines) is 1. The third-order valence-electron chi connectivity index (χ3n) is 2.78. The first-order chi connectivity index (χ1) is 7.27. The normalized spacial score (nSPS) is 19.2. The molecule has 1 aliphatic heterocycles. The van der Waals surface area contributed by atoms with Crippen molar-refractivity contribution in [3.63, 3.8) is 0 Å². The summed E-state index contributed by atoms with van der Waals surface area (Å²) in [7, 11) is 0. The molecule has 1 aliphatic rings. The Labute approximate surface area is 113 Å². The number of hydrogen-bond acceptors (Lipinski definition) is 3. The molecule has 4 nitrogen and oxygen atoms in total. The number of rotatable bonds is 3. The van der Waals surface area contributed by atoms with Crippen LogP contribution >= 0.6 is 24.8 Å². The zero-order valence-electron chi connectivity index (χ0n) is 9.28. The van der Waals surface area contributed by atoms with Crippen molar-refractivity contribution >= 4 is 30.8 Å². The molecular weight excluding hydrogens is 263 g/mol. The van der Waals surface area contributed by atoms with Crippen LogP contribution in [0.25, 0.3) is 0 Å². The molecule has 1 atom stereocenters. The van der Waals surface area contributed by atoms with E-state index in [1.54, 1.807) is 12.4 Å². The average molecular weight is 279 g/mol. The zero-order valence-corrected chi connectivity index (χ0v) is 10.9. The molecule has 0 spiro atoms. The molecule has 0 amide bonds. The third-order valence-corrected chi connectivity index (χ3v) is 2.78. The summed E-state index contributed by atoms with van der Waals surface area (Å²) >= 11 is 0. The second-order valence-corrected chi connectivity index (χ2v) is 3.82. The second kappa shape index (κ2) is 7.48. The Morgan fingerprint density at radius 2 is 2.06 bits per heavy atom. The van der Waals surface area contributed by atoms with E-state index in [9.17, 15) is 4.79 Å². The van der Waals surface area contributed by atoms with Crippen molar-refractivity contribution in [1.82, 2.24) is 9.88 Å². The standard InChI is InChI=1S/C11H14N2O2.2ClH/c14-11(15)10-2-1-7-13(10)8-9-3-5-12-6-4-9;;/h3-6,10H,1-2,7-8H2,(H,14,15);2*1H. The molecule has 96 valence electrons. The molecular formula is C11H16Cl2N2O2. The minimum absolute atomic E-state index is 0. The smallest absolute Gasteiger partial charge is 0.320 e. The number of nitrogens with zero attached hydrogens (tertiary/aromatic N) is 2. The Kier molecular flexibility index (Phi) is 7.11. The fourth-order valence-electron chi connectivity index (χ4n) is 2.02. The summed E-state index contributed by atoms with van der Waals surface area (Å²) in [5.41, 5.74) is 1.12. The van der Waals surface area contributed by atoms with E-state index in [1.165, 1.54) is 0 Å². The van der Waals surface area contributed by atoms with Crippen LogP contribution in [0.3, 0.4) is 0 Å². The molecule has 0 radical (unpaired) electrons. The maximum atomic E-state index is 10.9. The van der Waals surface area contributed by atoms with Crippen molar-refractivity contribution in [3.05, 3.63) is 30.1 Å². The molecule has 0 bridgehead atoms. The van der Waals surface area contributed by atoms with Gasteiger partial charge in [-0.1, -0.05) is 0 Å². The van der Waals surface area contributed by atoms with Crippen LogP contribution in [0, 0.1) is 0 Å². The molecule has 1 unspecified atom stereocenters. The highest BCUT2D eigenvalue weighted by molar-refractivity contribution is 5.85. The van der Waals surface area contributed by atoms with E-state index >= 15 is 0 Å². The maximum absolute atomic E-state index is 10.9. The summed E-state index contributed by atoms with van der Waals surface area (Å²) in [5.74, 6) is -0.707. The fourth-order valence-corrected chi connectivity index (χ4v) is 2.02. The number of carboxylic acid groups (broad SMARTS) is 1. The highest BCUT2D eigenvalue weighted by Gasteiger charge is 2.29. The molecule has 1 aromatic heterocycles. The van der Waals surface area contributed by atoms with Crippen LogP contribution in [-0.2, 0) is 11.3 Å². The van der Waals surface area contributed by atoms with Gasteiger partial charge in [-0.3, -0.25) is 14.7 Å². The Balaban J connectivity index is 0.00000128. The van der Waals surface area contributed by atoms with Crippen LogP contribution in [0.1, 0.15) is 18.4 Å². The van der Waals surface area contributed by atoms with Crippen LogP contribution in [0.4, 0.5) is 0 Å². The van der Waals surface area contributed by atoms with Crippen molar-refractivity contribution in [2.75, 3.05) is 6.54 Å². The first-order valence-electron chi connectivity index (χ1n) is 5.13.